The van der Waals surface area contributed by atoms with Gasteiger partial charge < -0.3 is 29.4 Å². The predicted octanol–water partition coefficient (Wildman–Crippen LogP) is 21.7. The molecule has 0 N–H and O–H groups in total. The van der Waals surface area contributed by atoms with E-state index in [0.717, 1.165) is 113 Å². The predicted molar refractivity (Wildman–Crippen MR) is 421 cm³/mol. The smallest absolute Gasteiger partial charge is 0.0653 e. The number of nitrogens with zero attached hydrogens (tertiary/aromatic N) is 6. The molecule has 0 aromatic heterocycles. The average molecular weight is 1330 g/mol. The second kappa shape index (κ2) is 19.2. The minimum absolute atomic E-state index is 0.268. The van der Waals surface area contributed by atoms with Gasteiger partial charge >= 0.3 is 0 Å². The van der Waals surface area contributed by atoms with Gasteiger partial charge in [0.05, 0.1) is 80.3 Å². The van der Waals surface area contributed by atoms with Crippen LogP contribution in [0.15, 0.2) is 291 Å². The molecule has 6 nitrogen and oxygen atoms in total. The Morgan fingerprint density at radius 3 is 0.816 bits per heavy atom. The molecule has 0 fully saturated rings. The summed E-state index contributed by atoms with van der Waals surface area (Å²) in [5.41, 5.74) is 29.7. The first kappa shape index (κ1) is 55.6. The Hall–Kier alpha value is -10.6. The zero-order valence-corrected chi connectivity index (χ0v) is 57.5. The maximum Gasteiger partial charge on any atom is 0.0653 e. The van der Waals surface area contributed by atoms with Crippen LogP contribution in [-0.4, -0.2) is 0 Å². The van der Waals surface area contributed by atoms with E-state index in [1.54, 1.807) is 0 Å². The van der Waals surface area contributed by atoms with Gasteiger partial charge in [-0.2, -0.15) is 0 Å². The summed E-state index contributed by atoms with van der Waals surface area (Å²) in [4.78, 5) is 15.5. The molecule has 6 aliphatic heterocycles. The van der Waals surface area contributed by atoms with E-state index in [1.807, 2.05) is 0 Å². The molecule has 2 aliphatic carbocycles. The molecule has 14 aromatic carbocycles. The fraction of sp³-hybridized carbons (Fsp3) is 0.0682. The molecule has 8 aliphatic rings. The van der Waals surface area contributed by atoms with Gasteiger partial charge in [0.25, 0.3) is 0 Å². The lowest BCUT2D eigenvalue weighted by Gasteiger charge is -2.53. The highest BCUT2D eigenvalue weighted by atomic mass is 32.4. The van der Waals surface area contributed by atoms with E-state index in [0.29, 0.717) is 0 Å². The Bertz CT molecular complexity index is 5700. The molecule has 22 rings (SSSR count). The maximum absolute atomic E-state index is 8.12. The Balaban J connectivity index is 0.940. The molecule has 0 amide bonds. The number of rotatable bonds is 6. The number of para-hydroxylation sites is 4. The molecule has 2 atom stereocenters. The van der Waals surface area contributed by atoms with Crippen molar-refractivity contribution in [1.82, 2.24) is 0 Å². The molecule has 0 saturated heterocycles. The molecule has 14 aromatic rings. The third-order valence-electron chi connectivity index (χ3n) is 22.7. The van der Waals surface area contributed by atoms with E-state index in [-0.39, 0.29) is 10.8 Å². The van der Waals surface area contributed by atoms with Crippen LogP contribution < -0.4 is 61.2 Å². The lowest BCUT2D eigenvalue weighted by Crippen LogP contribution is -2.48. The summed E-state index contributed by atoms with van der Waals surface area (Å²) in [6.45, 7) is 9.60. The summed E-state index contributed by atoms with van der Waals surface area (Å²) >= 11 is 16.2. The van der Waals surface area contributed by atoms with Crippen LogP contribution in [0.5, 0.6) is 0 Å². The Kier molecular flexibility index (Phi) is 10.9. The van der Waals surface area contributed by atoms with Gasteiger partial charge in [-0.25, -0.2) is 0 Å². The second-order valence-electron chi connectivity index (χ2n) is 28.2. The van der Waals surface area contributed by atoms with E-state index >= 15 is 0 Å². The number of hydrogen-bond donors (Lipinski definition) is 0. The first-order chi connectivity index (χ1) is 48.0. The fourth-order valence-electron chi connectivity index (χ4n) is 18.7. The van der Waals surface area contributed by atoms with Gasteiger partial charge in [0.15, 0.2) is 0 Å². The molecule has 2 unspecified atom stereocenters. The summed E-state index contributed by atoms with van der Waals surface area (Å²) < 4.78 is 0. The largest absolute Gasteiger partial charge is 0.309 e. The van der Waals surface area contributed by atoms with Crippen molar-refractivity contribution in [2.75, 3.05) is 29.4 Å². The lowest BCUT2D eigenvalue weighted by atomic mass is 9.82. The van der Waals surface area contributed by atoms with Crippen molar-refractivity contribution in [3.63, 3.8) is 0 Å². The highest BCUT2D eigenvalue weighted by Gasteiger charge is 2.56. The summed E-state index contributed by atoms with van der Waals surface area (Å²) in [7, 11) is 0. The normalized spacial score (nSPS) is 18.4. The topological polar surface area (TPSA) is 19.4 Å². The molecule has 0 radical (unpaired) electrons. The number of hydrogen-bond acceptors (Lipinski definition) is 8. The maximum atomic E-state index is 8.12. The van der Waals surface area contributed by atoms with E-state index in [4.69, 9.17) is 23.6 Å². The minimum atomic E-state index is -3.09. The average Bonchev–Trinajstić information content (AvgIpc) is 1.11. The van der Waals surface area contributed by atoms with Crippen molar-refractivity contribution in [2.45, 2.75) is 38.5 Å². The molecular weight excluding hydrogens is 1270 g/mol. The molecule has 464 valence electrons. The minimum Gasteiger partial charge on any atom is -0.309 e. The van der Waals surface area contributed by atoms with Crippen LogP contribution in [0.25, 0.3) is 33.0 Å². The van der Waals surface area contributed by atoms with E-state index in [1.165, 1.54) is 76.3 Å². The molecule has 6 heterocycles. The van der Waals surface area contributed by atoms with Gasteiger partial charge in [0, 0.05) is 87.6 Å². The van der Waals surface area contributed by atoms with Crippen LogP contribution in [0.1, 0.15) is 49.9 Å². The van der Waals surface area contributed by atoms with Crippen molar-refractivity contribution in [3.8, 4) is 22.3 Å². The SMILES string of the molecule is CC1(C)c2ccccc2-c2ccc(N3c4cccc5c4P4(=S)c6c(cccc6N(c6ccccc6)c6c4c3cc3c4c7c(cc63)N(c3ccc6c(c3)C(C)(C)c3ccccc3-6)c3cccc6c3P7(=S)c3c(cccc3N4c3ccccc3)N6c3ccccc3)N5c3ccccc3)cc21. The van der Waals surface area contributed by atoms with Crippen LogP contribution in [-0.2, 0) is 34.4 Å². The van der Waals surface area contributed by atoms with Crippen LogP contribution in [0, 0.1) is 0 Å². The third-order valence-corrected chi connectivity index (χ3v) is 32.5. The number of benzene rings is 14. The molecular formula is C88H60N6P2S2. The van der Waals surface area contributed by atoms with Crippen molar-refractivity contribution in [2.24, 2.45) is 0 Å². The van der Waals surface area contributed by atoms with Gasteiger partial charge in [-0.05, 0) is 178 Å². The van der Waals surface area contributed by atoms with Crippen LogP contribution >= 0.6 is 12.1 Å². The zero-order chi connectivity index (χ0) is 65.0. The second-order valence-corrected chi connectivity index (χ2v) is 36.6. The molecule has 0 spiro atoms. The summed E-state index contributed by atoms with van der Waals surface area (Å²) in [6, 6.07) is 104. The lowest BCUT2D eigenvalue weighted by molar-refractivity contribution is 0.660. The highest BCUT2D eigenvalue weighted by Crippen LogP contribution is 2.72. The summed E-state index contributed by atoms with van der Waals surface area (Å²) in [5, 5.41) is 9.44. The standard InChI is InChI=1S/C88H60N6P2S2/c1-87(2)65-35-19-17-33-59(65)61-47-45-57(49-67(61)87)91-73-41-21-37-69-81(73)95(97)83-71(89(69)53-25-9-5-10-26-53)39-23-43-75(83)93(55-29-13-7-14-30-55)79-64-52-78-86-80(63(64)51-77(91)85(79)95)94(56-31-15-8-16-32-56)76-44-24-40-72-84(76)96(86,98)82-70(90(72)54-27-11-6-12-28-54)38-22-42-74(82)92(78)58-46-48-62-60-34-18-20-36-66(60)88(3,4)68(62)50-58/h5-52H,1-4H3. The van der Waals surface area contributed by atoms with Gasteiger partial charge in [-0.15, -0.1) is 0 Å². The number of fused-ring (bicyclic) bond motifs is 9. The summed E-state index contributed by atoms with van der Waals surface area (Å²) in [5.74, 6) is 0. The number of anilines is 18. The molecule has 0 bridgehead atoms. The van der Waals surface area contributed by atoms with E-state index < -0.39 is 12.1 Å². The first-order valence-electron chi connectivity index (χ1n) is 33.9. The third kappa shape index (κ3) is 6.70. The van der Waals surface area contributed by atoms with Gasteiger partial charge in [-0.1, -0.05) is 209 Å². The monoisotopic (exact) mass is 1330 g/mol. The molecule has 0 saturated carbocycles. The molecule has 10 heteroatoms. The zero-order valence-electron chi connectivity index (χ0n) is 54.1. The summed E-state index contributed by atoms with van der Waals surface area (Å²) in [6.07, 6.45) is 0. The Labute approximate surface area is 580 Å². The fourth-order valence-corrected chi connectivity index (χ4v) is 29.4. The van der Waals surface area contributed by atoms with Crippen molar-refractivity contribution in [3.05, 3.63) is 313 Å². The Morgan fingerprint density at radius 1 is 0.224 bits per heavy atom. The van der Waals surface area contributed by atoms with Crippen molar-refractivity contribution < 1.29 is 0 Å². The first-order valence-corrected chi connectivity index (χ1v) is 39.5. The van der Waals surface area contributed by atoms with Gasteiger partial charge in [0.1, 0.15) is 0 Å². The quantitative estimate of drug-likeness (QED) is 0.152. The van der Waals surface area contributed by atoms with E-state index in [9.17, 15) is 0 Å². The Morgan fingerprint density at radius 2 is 0.490 bits per heavy atom. The van der Waals surface area contributed by atoms with Crippen LogP contribution in [0.3, 0.4) is 0 Å². The van der Waals surface area contributed by atoms with Crippen molar-refractivity contribution >= 4 is 181 Å². The van der Waals surface area contributed by atoms with Crippen LogP contribution in [0.2, 0.25) is 0 Å². The van der Waals surface area contributed by atoms with Crippen molar-refractivity contribution in [1.29, 1.82) is 0 Å². The van der Waals surface area contributed by atoms with Crippen LogP contribution in [0.4, 0.5) is 102 Å². The highest BCUT2D eigenvalue weighted by molar-refractivity contribution is 8.27. The van der Waals surface area contributed by atoms with E-state index in [2.05, 4.69) is 348 Å². The molecule has 98 heavy (non-hydrogen) atoms. The van der Waals surface area contributed by atoms with Gasteiger partial charge in [0.2, 0.25) is 0 Å². The van der Waals surface area contributed by atoms with Gasteiger partial charge in [-0.3, -0.25) is 0 Å².